The molecule has 1 fully saturated rings. The van der Waals surface area contributed by atoms with Gasteiger partial charge in [-0.15, -0.1) is 0 Å². The number of hydrogen-bond donors (Lipinski definition) is 1. The van der Waals surface area contributed by atoms with Crippen molar-refractivity contribution in [2.75, 3.05) is 13.1 Å². The molecule has 1 unspecified atom stereocenters. The highest BCUT2D eigenvalue weighted by molar-refractivity contribution is 6.34. The highest BCUT2D eigenvalue weighted by Gasteiger charge is 2.31. The van der Waals surface area contributed by atoms with Crippen LogP contribution in [0.5, 0.6) is 5.75 Å². The van der Waals surface area contributed by atoms with Gasteiger partial charge >= 0.3 is 0 Å². The van der Waals surface area contributed by atoms with Gasteiger partial charge in [0.15, 0.2) is 6.10 Å². The molecule has 0 spiro atoms. The topological polar surface area (TPSA) is 47.3 Å². The minimum absolute atomic E-state index is 0.241. The van der Waals surface area contributed by atoms with Crippen LogP contribution in [0, 0.1) is 5.92 Å². The van der Waals surface area contributed by atoms with Crippen molar-refractivity contribution in [3.8, 4) is 5.75 Å². The van der Waals surface area contributed by atoms with Crippen LogP contribution in [0.15, 0.2) is 35.1 Å². The van der Waals surface area contributed by atoms with Crippen LogP contribution >= 0.6 is 23.2 Å². The average Bonchev–Trinajstić information content (AvgIpc) is 3.08. The van der Waals surface area contributed by atoms with Gasteiger partial charge in [-0.05, 0) is 31.2 Å². The first kappa shape index (κ1) is 13.7. The maximum atomic E-state index is 6.04. The molecule has 1 N–H and O–H groups in total. The predicted octanol–water partition coefficient (Wildman–Crippen LogP) is 3.71. The number of ether oxygens (including phenoxy) is 1. The summed E-state index contributed by atoms with van der Waals surface area (Å²) in [7, 11) is 0. The molecule has 1 aromatic carbocycles. The van der Waals surface area contributed by atoms with E-state index in [9.17, 15) is 0 Å². The first-order valence-electron chi connectivity index (χ1n) is 6.45. The van der Waals surface area contributed by atoms with E-state index in [1.807, 2.05) is 0 Å². The van der Waals surface area contributed by atoms with E-state index in [0.29, 0.717) is 27.6 Å². The lowest BCUT2D eigenvalue weighted by atomic mass is 10.0. The zero-order valence-corrected chi connectivity index (χ0v) is 12.2. The van der Waals surface area contributed by atoms with Gasteiger partial charge in [0.25, 0.3) is 0 Å². The third-order valence-electron chi connectivity index (χ3n) is 3.32. The van der Waals surface area contributed by atoms with E-state index in [1.165, 1.54) is 0 Å². The molecular formula is C14H14Cl2N2O2. The van der Waals surface area contributed by atoms with E-state index < -0.39 is 0 Å². The second-order valence-electron chi connectivity index (χ2n) is 4.77. The first-order chi connectivity index (χ1) is 9.72. The van der Waals surface area contributed by atoms with Crippen molar-refractivity contribution in [3.05, 3.63) is 46.6 Å². The van der Waals surface area contributed by atoms with Crippen molar-refractivity contribution in [2.24, 2.45) is 5.92 Å². The normalized spacial score (nSPS) is 20.0. The largest absolute Gasteiger partial charge is 0.480 e. The number of aromatic nitrogens is 1. The smallest absolute Gasteiger partial charge is 0.235 e. The van der Waals surface area contributed by atoms with Crippen molar-refractivity contribution in [2.45, 2.75) is 12.5 Å². The summed E-state index contributed by atoms with van der Waals surface area (Å²) in [5, 5.41) is 4.41. The second kappa shape index (κ2) is 6.04. The van der Waals surface area contributed by atoms with Crippen molar-refractivity contribution in [1.29, 1.82) is 0 Å². The third kappa shape index (κ3) is 3.08. The summed E-state index contributed by atoms with van der Waals surface area (Å²) in [5.74, 6) is 1.51. The number of hydrogen-bond acceptors (Lipinski definition) is 4. The van der Waals surface area contributed by atoms with E-state index in [2.05, 4.69) is 10.3 Å². The molecule has 0 aliphatic carbocycles. The summed E-state index contributed by atoms with van der Waals surface area (Å²) in [6, 6.07) is 5.16. The summed E-state index contributed by atoms with van der Waals surface area (Å²) < 4.78 is 11.5. The summed E-state index contributed by atoms with van der Waals surface area (Å²) in [5.41, 5.74) is 0. The van der Waals surface area contributed by atoms with E-state index in [1.54, 1.807) is 30.7 Å². The second-order valence-corrected chi connectivity index (χ2v) is 5.64. The van der Waals surface area contributed by atoms with Gasteiger partial charge in [0.2, 0.25) is 5.89 Å². The van der Waals surface area contributed by atoms with Crippen LogP contribution in [0.1, 0.15) is 18.4 Å². The fraction of sp³-hybridized carbons (Fsp3) is 0.357. The van der Waals surface area contributed by atoms with E-state index in [4.69, 9.17) is 32.4 Å². The number of nitrogens with one attached hydrogen (secondary N) is 1. The van der Waals surface area contributed by atoms with Gasteiger partial charge in [0, 0.05) is 22.5 Å². The summed E-state index contributed by atoms with van der Waals surface area (Å²) in [4.78, 5) is 4.22. The van der Waals surface area contributed by atoms with Crippen LogP contribution in [-0.2, 0) is 0 Å². The van der Waals surface area contributed by atoms with Gasteiger partial charge in [-0.1, -0.05) is 23.2 Å². The summed E-state index contributed by atoms with van der Waals surface area (Å²) >= 11 is 12.0. The number of halogens is 2. The van der Waals surface area contributed by atoms with Crippen molar-refractivity contribution < 1.29 is 9.15 Å². The van der Waals surface area contributed by atoms with Gasteiger partial charge in [0.05, 0.1) is 6.20 Å². The standard InChI is InChI=1S/C14H14Cl2N2O2/c15-10-5-11(16)7-12(6-10)20-13(9-1-2-17-8-9)14-18-3-4-19-14/h3-7,9,13,17H,1-2,8H2/t9?,13-/m0/s1. The lowest BCUT2D eigenvalue weighted by Gasteiger charge is -2.21. The molecule has 2 atom stereocenters. The maximum absolute atomic E-state index is 6.04. The van der Waals surface area contributed by atoms with E-state index in [-0.39, 0.29) is 6.10 Å². The quantitative estimate of drug-likeness (QED) is 0.935. The number of rotatable bonds is 4. The molecule has 1 aliphatic heterocycles. The molecule has 0 radical (unpaired) electrons. The first-order valence-corrected chi connectivity index (χ1v) is 7.21. The van der Waals surface area contributed by atoms with Crippen molar-refractivity contribution in [3.63, 3.8) is 0 Å². The van der Waals surface area contributed by atoms with Crippen LogP contribution in [0.25, 0.3) is 0 Å². The third-order valence-corrected chi connectivity index (χ3v) is 3.76. The zero-order chi connectivity index (χ0) is 13.9. The molecule has 106 valence electrons. The highest BCUT2D eigenvalue weighted by Crippen LogP contribution is 2.33. The Morgan fingerprint density at radius 1 is 1.30 bits per heavy atom. The number of oxazole rings is 1. The monoisotopic (exact) mass is 312 g/mol. The number of nitrogens with zero attached hydrogens (tertiary/aromatic N) is 1. The SMILES string of the molecule is Clc1cc(Cl)cc(O[C@H](c2ncco2)C2CCNC2)c1. The molecule has 1 aromatic heterocycles. The van der Waals surface area contributed by atoms with Crippen LogP contribution in [0.3, 0.4) is 0 Å². The Hall–Kier alpha value is -1.23. The lowest BCUT2D eigenvalue weighted by Crippen LogP contribution is -2.21. The maximum Gasteiger partial charge on any atom is 0.235 e. The molecule has 0 saturated carbocycles. The fourth-order valence-electron chi connectivity index (χ4n) is 2.40. The Morgan fingerprint density at radius 2 is 2.10 bits per heavy atom. The van der Waals surface area contributed by atoms with Crippen LogP contribution in [0.2, 0.25) is 10.0 Å². The van der Waals surface area contributed by atoms with Crippen molar-refractivity contribution in [1.82, 2.24) is 10.3 Å². The zero-order valence-electron chi connectivity index (χ0n) is 10.7. The molecule has 1 aliphatic rings. The lowest BCUT2D eigenvalue weighted by molar-refractivity contribution is 0.114. The Morgan fingerprint density at radius 3 is 2.70 bits per heavy atom. The minimum Gasteiger partial charge on any atom is -0.480 e. The van der Waals surface area contributed by atoms with Gasteiger partial charge in [-0.25, -0.2) is 4.98 Å². The van der Waals surface area contributed by atoms with E-state index in [0.717, 1.165) is 19.5 Å². The van der Waals surface area contributed by atoms with E-state index >= 15 is 0 Å². The Kier molecular flexibility index (Phi) is 4.15. The number of benzene rings is 1. The molecule has 0 bridgehead atoms. The van der Waals surface area contributed by atoms with Gasteiger partial charge in [0.1, 0.15) is 12.0 Å². The Bertz CT molecular complexity index is 548. The fourth-order valence-corrected chi connectivity index (χ4v) is 2.91. The summed E-state index contributed by atoms with van der Waals surface area (Å²) in [6.07, 6.45) is 3.95. The van der Waals surface area contributed by atoms with Crippen molar-refractivity contribution >= 4 is 23.2 Å². The highest BCUT2D eigenvalue weighted by atomic mass is 35.5. The Balaban J connectivity index is 1.85. The molecule has 4 nitrogen and oxygen atoms in total. The average molecular weight is 313 g/mol. The molecule has 2 heterocycles. The molecular weight excluding hydrogens is 299 g/mol. The molecule has 0 amide bonds. The molecule has 1 saturated heterocycles. The predicted molar refractivity (Wildman–Crippen MR) is 77.3 cm³/mol. The minimum atomic E-state index is -0.241. The molecule has 20 heavy (non-hydrogen) atoms. The van der Waals surface area contributed by atoms with Gasteiger partial charge < -0.3 is 14.5 Å². The Labute approximate surface area is 127 Å². The summed E-state index contributed by atoms with van der Waals surface area (Å²) in [6.45, 7) is 1.85. The van der Waals surface area contributed by atoms with Crippen LogP contribution in [0.4, 0.5) is 0 Å². The van der Waals surface area contributed by atoms with Crippen LogP contribution in [-0.4, -0.2) is 18.1 Å². The van der Waals surface area contributed by atoms with Gasteiger partial charge in [-0.2, -0.15) is 0 Å². The van der Waals surface area contributed by atoms with Gasteiger partial charge in [-0.3, -0.25) is 0 Å². The van der Waals surface area contributed by atoms with Crippen LogP contribution < -0.4 is 10.1 Å². The molecule has 2 aromatic rings. The molecule has 6 heteroatoms. The molecule has 3 rings (SSSR count).